The Kier molecular flexibility index (Phi) is 8.81. The highest BCUT2D eigenvalue weighted by atomic mass is 35.5. The van der Waals surface area contributed by atoms with E-state index in [2.05, 4.69) is 0 Å². The van der Waals surface area contributed by atoms with Gasteiger partial charge in [0.1, 0.15) is 6.04 Å². The van der Waals surface area contributed by atoms with E-state index in [1.54, 1.807) is 18.9 Å². The lowest BCUT2D eigenvalue weighted by Gasteiger charge is -2.35. The molecule has 0 saturated heterocycles. The number of halogens is 1. The second kappa shape index (κ2) is 9.19. The van der Waals surface area contributed by atoms with Gasteiger partial charge in [-0.3, -0.25) is 14.5 Å². The molecule has 6 heteroatoms. The van der Waals surface area contributed by atoms with E-state index >= 15 is 0 Å². The Morgan fingerprint density at radius 3 is 2.25 bits per heavy atom. The molecule has 1 fully saturated rings. The number of carboxylic acids is 1. The van der Waals surface area contributed by atoms with Gasteiger partial charge < -0.3 is 10.0 Å². The van der Waals surface area contributed by atoms with Gasteiger partial charge in [0.05, 0.1) is 6.54 Å². The summed E-state index contributed by atoms with van der Waals surface area (Å²) in [6.45, 7) is 4.48. The minimum absolute atomic E-state index is 0. The summed E-state index contributed by atoms with van der Waals surface area (Å²) in [6.07, 6.45) is 5.80. The van der Waals surface area contributed by atoms with Crippen LogP contribution in [-0.2, 0) is 9.59 Å². The number of amides is 1. The van der Waals surface area contributed by atoms with E-state index in [0.717, 1.165) is 12.8 Å². The fourth-order valence-corrected chi connectivity index (χ4v) is 2.66. The number of hydrogen-bond donors (Lipinski definition) is 1. The Balaban J connectivity index is 0.00000361. The fraction of sp³-hybridized carbons (Fsp3) is 0.857. The van der Waals surface area contributed by atoms with E-state index in [1.165, 1.54) is 19.3 Å². The van der Waals surface area contributed by atoms with E-state index in [4.69, 9.17) is 5.11 Å². The molecule has 0 aromatic heterocycles. The normalized spacial score (nSPS) is 17.4. The lowest BCUT2D eigenvalue weighted by molar-refractivity contribution is -0.143. The van der Waals surface area contributed by atoms with Gasteiger partial charge in [-0.2, -0.15) is 0 Å². The first kappa shape index (κ1) is 19.2. The molecule has 1 rings (SSSR count). The highest BCUT2D eigenvalue weighted by Crippen LogP contribution is 2.22. The van der Waals surface area contributed by atoms with Crippen molar-refractivity contribution >= 4 is 24.3 Å². The van der Waals surface area contributed by atoms with Crippen molar-refractivity contribution in [2.24, 2.45) is 0 Å². The minimum atomic E-state index is -0.893. The fourth-order valence-electron chi connectivity index (χ4n) is 2.66. The van der Waals surface area contributed by atoms with E-state index in [0.29, 0.717) is 12.6 Å². The van der Waals surface area contributed by atoms with Crippen molar-refractivity contribution in [3.05, 3.63) is 0 Å². The molecule has 0 bridgehead atoms. The number of nitrogens with zero attached hydrogens (tertiary/aromatic N) is 2. The van der Waals surface area contributed by atoms with Crippen LogP contribution in [0.4, 0.5) is 0 Å². The standard InChI is InChI=1S/C14H26N2O3.ClH/c1-4-16(12-8-6-5-7-9-12)13(17)10-15(3)11(2)14(18)19;/h11-12H,4-10H2,1-3H3,(H,18,19);1H. The zero-order valence-electron chi connectivity index (χ0n) is 12.7. The Bertz CT molecular complexity index is 320. The summed E-state index contributed by atoms with van der Waals surface area (Å²) < 4.78 is 0. The summed E-state index contributed by atoms with van der Waals surface area (Å²) in [7, 11) is 1.69. The van der Waals surface area contributed by atoms with Gasteiger partial charge in [-0.25, -0.2) is 0 Å². The van der Waals surface area contributed by atoms with Crippen LogP contribution in [0, 0.1) is 0 Å². The zero-order chi connectivity index (χ0) is 14.4. The molecule has 1 aliphatic rings. The Hall–Kier alpha value is -0.810. The molecule has 1 N–H and O–H groups in total. The molecular weight excluding hydrogens is 280 g/mol. The highest BCUT2D eigenvalue weighted by Gasteiger charge is 2.26. The molecule has 0 aromatic carbocycles. The minimum Gasteiger partial charge on any atom is -0.480 e. The van der Waals surface area contributed by atoms with Crippen LogP contribution in [0.5, 0.6) is 0 Å². The predicted octanol–water partition coefficient (Wildman–Crippen LogP) is 1.99. The van der Waals surface area contributed by atoms with Crippen molar-refractivity contribution in [1.82, 2.24) is 9.80 Å². The summed E-state index contributed by atoms with van der Waals surface area (Å²) in [6, 6.07) is -0.284. The van der Waals surface area contributed by atoms with Crippen LogP contribution in [0.25, 0.3) is 0 Å². The van der Waals surface area contributed by atoms with Crippen LogP contribution < -0.4 is 0 Å². The van der Waals surface area contributed by atoms with Gasteiger partial charge in [0.2, 0.25) is 5.91 Å². The number of carboxylic acid groups (broad SMARTS) is 1. The molecule has 5 nitrogen and oxygen atoms in total. The van der Waals surface area contributed by atoms with Crippen LogP contribution in [0.1, 0.15) is 46.0 Å². The molecule has 0 heterocycles. The summed E-state index contributed by atoms with van der Waals surface area (Å²) in [5.74, 6) is -0.846. The second-order valence-electron chi connectivity index (χ2n) is 5.40. The van der Waals surface area contributed by atoms with Crippen LogP contribution in [0.2, 0.25) is 0 Å². The van der Waals surface area contributed by atoms with Crippen molar-refractivity contribution in [1.29, 1.82) is 0 Å². The van der Waals surface area contributed by atoms with Crippen molar-refractivity contribution in [3.63, 3.8) is 0 Å². The Morgan fingerprint density at radius 2 is 1.80 bits per heavy atom. The zero-order valence-corrected chi connectivity index (χ0v) is 13.5. The molecule has 0 radical (unpaired) electrons. The van der Waals surface area contributed by atoms with E-state index in [-0.39, 0.29) is 24.9 Å². The number of hydrogen-bond acceptors (Lipinski definition) is 3. The maximum atomic E-state index is 12.3. The monoisotopic (exact) mass is 306 g/mol. The molecular formula is C14H27ClN2O3. The maximum Gasteiger partial charge on any atom is 0.320 e. The first-order chi connectivity index (χ1) is 8.97. The van der Waals surface area contributed by atoms with E-state index < -0.39 is 12.0 Å². The van der Waals surface area contributed by atoms with E-state index in [9.17, 15) is 9.59 Å². The SMILES string of the molecule is CCN(C(=O)CN(C)C(C)C(=O)O)C1CCCCC1.Cl. The third-order valence-corrected chi connectivity index (χ3v) is 4.08. The van der Waals surface area contributed by atoms with Gasteiger partial charge in [0, 0.05) is 12.6 Å². The largest absolute Gasteiger partial charge is 0.480 e. The quantitative estimate of drug-likeness (QED) is 0.815. The maximum absolute atomic E-state index is 12.3. The summed E-state index contributed by atoms with van der Waals surface area (Å²) >= 11 is 0. The molecule has 0 aromatic rings. The van der Waals surface area contributed by atoms with Gasteiger partial charge in [0.25, 0.3) is 0 Å². The number of aliphatic carboxylic acids is 1. The summed E-state index contributed by atoms with van der Waals surface area (Å²) in [5, 5.41) is 8.94. The average Bonchev–Trinajstić information content (AvgIpc) is 2.39. The first-order valence-electron chi connectivity index (χ1n) is 7.19. The predicted molar refractivity (Wildman–Crippen MR) is 81.2 cm³/mol. The van der Waals surface area contributed by atoms with Gasteiger partial charge in [-0.05, 0) is 33.7 Å². The topological polar surface area (TPSA) is 60.9 Å². The molecule has 118 valence electrons. The number of carbonyl (C=O) groups is 2. The van der Waals surface area contributed by atoms with Crippen molar-refractivity contribution < 1.29 is 14.7 Å². The molecule has 0 spiro atoms. The average molecular weight is 307 g/mol. The van der Waals surface area contributed by atoms with Crippen molar-refractivity contribution in [3.8, 4) is 0 Å². The molecule has 1 amide bonds. The van der Waals surface area contributed by atoms with Gasteiger partial charge >= 0.3 is 5.97 Å². The van der Waals surface area contributed by atoms with Crippen LogP contribution >= 0.6 is 12.4 Å². The van der Waals surface area contributed by atoms with Gasteiger partial charge in [-0.15, -0.1) is 12.4 Å². The molecule has 20 heavy (non-hydrogen) atoms. The molecule has 1 aliphatic carbocycles. The second-order valence-corrected chi connectivity index (χ2v) is 5.40. The molecule has 1 atom stereocenters. The van der Waals surface area contributed by atoms with E-state index in [1.807, 2.05) is 11.8 Å². The number of carbonyl (C=O) groups excluding carboxylic acids is 1. The van der Waals surface area contributed by atoms with Crippen LogP contribution in [0.15, 0.2) is 0 Å². The lowest BCUT2D eigenvalue weighted by Crippen LogP contribution is -2.48. The molecule has 0 aliphatic heterocycles. The third-order valence-electron chi connectivity index (χ3n) is 4.08. The number of likely N-dealkylation sites (N-methyl/N-ethyl adjacent to an activating group) is 2. The van der Waals surface area contributed by atoms with Crippen LogP contribution in [-0.4, -0.2) is 59.0 Å². The molecule has 1 saturated carbocycles. The van der Waals surface area contributed by atoms with Gasteiger partial charge in [-0.1, -0.05) is 19.3 Å². The third kappa shape index (κ3) is 5.29. The lowest BCUT2D eigenvalue weighted by atomic mass is 9.94. The smallest absolute Gasteiger partial charge is 0.320 e. The highest BCUT2D eigenvalue weighted by molar-refractivity contribution is 5.85. The summed E-state index contributed by atoms with van der Waals surface area (Å²) in [4.78, 5) is 26.7. The first-order valence-corrected chi connectivity index (χ1v) is 7.19. The summed E-state index contributed by atoms with van der Waals surface area (Å²) in [5.41, 5.74) is 0. The Morgan fingerprint density at radius 1 is 1.25 bits per heavy atom. The van der Waals surface area contributed by atoms with Crippen molar-refractivity contribution in [2.45, 2.75) is 58.0 Å². The van der Waals surface area contributed by atoms with Gasteiger partial charge in [0.15, 0.2) is 0 Å². The molecule has 1 unspecified atom stereocenters. The Labute approximate surface area is 127 Å². The van der Waals surface area contributed by atoms with Crippen LogP contribution in [0.3, 0.4) is 0 Å². The van der Waals surface area contributed by atoms with Crippen molar-refractivity contribution in [2.75, 3.05) is 20.1 Å². The number of rotatable bonds is 6.